The maximum Gasteiger partial charge on any atom is 0.333 e. The topological polar surface area (TPSA) is 74.1 Å². The standard InChI is InChI=1S/C20H13N3O3/c1-26-20(25)17-13-10-11-6-2-4-8-14(11)21-16(13)18-22-15-9-5-3-7-12(15)19(24)23(17)18/h2-10,17H,1H3. The van der Waals surface area contributed by atoms with E-state index in [0.29, 0.717) is 28.0 Å². The van der Waals surface area contributed by atoms with E-state index in [1.165, 1.54) is 11.7 Å². The maximum absolute atomic E-state index is 13.1. The molecular formula is C20H13N3O3. The first kappa shape index (κ1) is 14.8. The third-order valence-corrected chi connectivity index (χ3v) is 4.75. The highest BCUT2D eigenvalue weighted by Crippen LogP contribution is 2.38. The van der Waals surface area contributed by atoms with E-state index in [1.54, 1.807) is 18.2 Å². The number of para-hydroxylation sites is 2. The first-order valence-electron chi connectivity index (χ1n) is 8.18. The first-order chi connectivity index (χ1) is 12.7. The van der Waals surface area contributed by atoms with E-state index in [2.05, 4.69) is 9.97 Å². The van der Waals surface area contributed by atoms with Gasteiger partial charge in [-0.05, 0) is 24.3 Å². The van der Waals surface area contributed by atoms with Crippen LogP contribution in [0, 0.1) is 0 Å². The summed E-state index contributed by atoms with van der Waals surface area (Å²) in [5.41, 5.74) is 2.27. The van der Waals surface area contributed by atoms with Crippen LogP contribution in [0.4, 0.5) is 0 Å². The molecule has 0 spiro atoms. The third-order valence-electron chi connectivity index (χ3n) is 4.75. The molecule has 0 bridgehead atoms. The molecule has 2 aromatic heterocycles. The SMILES string of the molecule is COC(=O)C1c2cc3ccccc3nc2-c2nc3ccccc3c(=O)n21. The van der Waals surface area contributed by atoms with Gasteiger partial charge in [0.1, 0.15) is 5.69 Å². The minimum absolute atomic E-state index is 0.275. The average molecular weight is 343 g/mol. The molecule has 0 amide bonds. The molecule has 1 aliphatic rings. The number of esters is 1. The normalized spacial score (nSPS) is 15.0. The lowest BCUT2D eigenvalue weighted by molar-refractivity contribution is -0.143. The number of aromatic nitrogens is 3. The van der Waals surface area contributed by atoms with Crippen molar-refractivity contribution in [2.45, 2.75) is 6.04 Å². The van der Waals surface area contributed by atoms with Crippen molar-refractivity contribution in [1.82, 2.24) is 14.5 Å². The van der Waals surface area contributed by atoms with Crippen molar-refractivity contribution >= 4 is 27.8 Å². The summed E-state index contributed by atoms with van der Waals surface area (Å²) in [4.78, 5) is 34.9. The molecule has 0 N–H and O–H groups in total. The Bertz CT molecular complexity index is 1280. The van der Waals surface area contributed by atoms with Crippen molar-refractivity contribution < 1.29 is 9.53 Å². The highest BCUT2D eigenvalue weighted by Gasteiger charge is 2.38. The van der Waals surface area contributed by atoms with E-state index in [0.717, 1.165) is 10.9 Å². The molecule has 0 saturated carbocycles. The number of hydrogen-bond acceptors (Lipinski definition) is 5. The first-order valence-corrected chi connectivity index (χ1v) is 8.18. The lowest BCUT2D eigenvalue weighted by Gasteiger charge is -2.13. The summed E-state index contributed by atoms with van der Waals surface area (Å²) in [6.07, 6.45) is 0. The molecule has 26 heavy (non-hydrogen) atoms. The van der Waals surface area contributed by atoms with Gasteiger partial charge in [-0.3, -0.25) is 9.36 Å². The summed E-state index contributed by atoms with van der Waals surface area (Å²) in [6.45, 7) is 0. The largest absolute Gasteiger partial charge is 0.467 e. The minimum Gasteiger partial charge on any atom is -0.467 e. The number of ether oxygens (including phenoxy) is 1. The quantitative estimate of drug-likeness (QED) is 0.497. The number of carbonyl (C=O) groups is 1. The second kappa shape index (κ2) is 5.23. The molecule has 1 aliphatic heterocycles. The van der Waals surface area contributed by atoms with Gasteiger partial charge in [-0.2, -0.15) is 0 Å². The van der Waals surface area contributed by atoms with Crippen LogP contribution in [-0.4, -0.2) is 27.6 Å². The van der Waals surface area contributed by atoms with Crippen molar-refractivity contribution in [1.29, 1.82) is 0 Å². The van der Waals surface area contributed by atoms with Crippen LogP contribution in [-0.2, 0) is 9.53 Å². The van der Waals surface area contributed by atoms with Gasteiger partial charge >= 0.3 is 5.97 Å². The van der Waals surface area contributed by atoms with Crippen LogP contribution in [0.2, 0.25) is 0 Å². The van der Waals surface area contributed by atoms with Gasteiger partial charge in [0.2, 0.25) is 0 Å². The Balaban J connectivity index is 1.94. The lowest BCUT2D eigenvalue weighted by Crippen LogP contribution is -2.29. The fourth-order valence-electron chi connectivity index (χ4n) is 3.56. The number of methoxy groups -OCH3 is 1. The smallest absolute Gasteiger partial charge is 0.333 e. The molecule has 2 aromatic carbocycles. The molecule has 1 atom stereocenters. The second-order valence-electron chi connectivity index (χ2n) is 6.17. The Morgan fingerprint density at radius 1 is 1.04 bits per heavy atom. The molecule has 0 radical (unpaired) electrons. The summed E-state index contributed by atoms with van der Waals surface area (Å²) in [5, 5.41) is 1.35. The number of fused-ring (bicyclic) bond motifs is 5. The Labute approximate surface area is 147 Å². The van der Waals surface area contributed by atoms with Crippen LogP contribution in [0.5, 0.6) is 0 Å². The van der Waals surface area contributed by atoms with Gasteiger partial charge in [0, 0.05) is 10.9 Å². The van der Waals surface area contributed by atoms with E-state index in [9.17, 15) is 9.59 Å². The third kappa shape index (κ3) is 1.86. The zero-order chi connectivity index (χ0) is 17.8. The fraction of sp³-hybridized carbons (Fsp3) is 0.100. The van der Waals surface area contributed by atoms with Crippen molar-refractivity contribution in [3.05, 3.63) is 70.5 Å². The molecule has 126 valence electrons. The molecule has 0 aliphatic carbocycles. The lowest BCUT2D eigenvalue weighted by atomic mass is 10.1. The van der Waals surface area contributed by atoms with Gasteiger partial charge < -0.3 is 4.74 Å². The Morgan fingerprint density at radius 3 is 2.58 bits per heavy atom. The molecule has 1 unspecified atom stereocenters. The molecule has 6 nitrogen and oxygen atoms in total. The van der Waals surface area contributed by atoms with Crippen molar-refractivity contribution in [3.8, 4) is 11.5 Å². The highest BCUT2D eigenvalue weighted by atomic mass is 16.5. The van der Waals surface area contributed by atoms with Crippen LogP contribution in [0.3, 0.4) is 0 Å². The molecular weight excluding hydrogens is 330 g/mol. The predicted molar refractivity (Wildman–Crippen MR) is 96.9 cm³/mol. The van der Waals surface area contributed by atoms with E-state index in [-0.39, 0.29) is 5.56 Å². The summed E-state index contributed by atoms with van der Waals surface area (Å²) < 4.78 is 6.37. The summed E-state index contributed by atoms with van der Waals surface area (Å²) in [7, 11) is 1.31. The number of carbonyl (C=O) groups excluding carboxylic acids is 1. The molecule has 0 fully saturated rings. The number of pyridine rings is 1. The maximum atomic E-state index is 13.1. The van der Waals surface area contributed by atoms with Crippen LogP contribution in [0.1, 0.15) is 11.6 Å². The van der Waals surface area contributed by atoms with E-state index in [4.69, 9.17) is 4.74 Å². The summed E-state index contributed by atoms with van der Waals surface area (Å²) in [6, 6.07) is 15.7. The van der Waals surface area contributed by atoms with Crippen LogP contribution >= 0.6 is 0 Å². The molecule has 5 rings (SSSR count). The highest BCUT2D eigenvalue weighted by molar-refractivity contribution is 5.91. The Morgan fingerprint density at radius 2 is 1.77 bits per heavy atom. The van der Waals surface area contributed by atoms with Gasteiger partial charge in [-0.15, -0.1) is 0 Å². The predicted octanol–water partition coefficient (Wildman–Crippen LogP) is 2.69. The van der Waals surface area contributed by atoms with Gasteiger partial charge in [0.05, 0.1) is 23.5 Å². The number of rotatable bonds is 1. The summed E-state index contributed by atoms with van der Waals surface area (Å²) in [5.74, 6) is -0.119. The molecule has 6 heteroatoms. The molecule has 3 heterocycles. The summed E-state index contributed by atoms with van der Waals surface area (Å²) >= 11 is 0. The minimum atomic E-state index is -0.883. The van der Waals surface area contributed by atoms with Gasteiger partial charge in [-0.25, -0.2) is 14.8 Å². The van der Waals surface area contributed by atoms with Crippen LogP contribution in [0.15, 0.2) is 59.4 Å². The number of hydrogen-bond donors (Lipinski definition) is 0. The van der Waals surface area contributed by atoms with E-state index < -0.39 is 12.0 Å². The van der Waals surface area contributed by atoms with Gasteiger partial charge in [-0.1, -0.05) is 30.3 Å². The number of nitrogens with zero attached hydrogens (tertiary/aromatic N) is 3. The van der Waals surface area contributed by atoms with Crippen LogP contribution < -0.4 is 5.56 Å². The monoisotopic (exact) mass is 343 g/mol. The Hall–Kier alpha value is -3.54. The fourth-order valence-corrected chi connectivity index (χ4v) is 3.56. The van der Waals surface area contributed by atoms with Crippen molar-refractivity contribution in [2.75, 3.05) is 7.11 Å². The zero-order valence-electron chi connectivity index (χ0n) is 13.8. The van der Waals surface area contributed by atoms with Crippen molar-refractivity contribution in [2.24, 2.45) is 0 Å². The number of benzene rings is 2. The van der Waals surface area contributed by atoms with Gasteiger partial charge in [0.15, 0.2) is 11.9 Å². The van der Waals surface area contributed by atoms with Gasteiger partial charge in [0.25, 0.3) is 5.56 Å². The average Bonchev–Trinajstić information content (AvgIpc) is 2.99. The van der Waals surface area contributed by atoms with E-state index in [1.807, 2.05) is 36.4 Å². The second-order valence-corrected chi connectivity index (χ2v) is 6.17. The van der Waals surface area contributed by atoms with Crippen LogP contribution in [0.25, 0.3) is 33.3 Å². The zero-order valence-corrected chi connectivity index (χ0v) is 13.8. The van der Waals surface area contributed by atoms with E-state index >= 15 is 0 Å². The Kier molecular flexibility index (Phi) is 2.97. The molecule has 4 aromatic rings. The molecule has 0 saturated heterocycles. The van der Waals surface area contributed by atoms with Crippen molar-refractivity contribution in [3.63, 3.8) is 0 Å².